The minimum Gasteiger partial charge on any atom is -0.320 e. The van der Waals surface area contributed by atoms with Crippen LogP contribution >= 0.6 is 0 Å². The van der Waals surface area contributed by atoms with Crippen molar-refractivity contribution in [1.82, 2.24) is 4.72 Å². The summed E-state index contributed by atoms with van der Waals surface area (Å²) in [6, 6.07) is 4.89. The molecule has 1 aromatic carbocycles. The maximum absolute atomic E-state index is 11.9. The normalized spacial score (nSPS) is 10.8. The molecular weight excluding hydrogens is 248 g/mol. The zero-order valence-corrected chi connectivity index (χ0v) is 11.5. The van der Waals surface area contributed by atoms with Crippen molar-refractivity contribution in [2.75, 3.05) is 13.1 Å². The zero-order valence-electron chi connectivity index (χ0n) is 10.7. The van der Waals surface area contributed by atoms with Gasteiger partial charge in [0.05, 0.1) is 11.4 Å². The number of rotatable bonds is 4. The van der Waals surface area contributed by atoms with E-state index >= 15 is 0 Å². The van der Waals surface area contributed by atoms with Gasteiger partial charge in [-0.3, -0.25) is 0 Å². The number of benzene rings is 1. The highest BCUT2D eigenvalue weighted by Gasteiger charge is 2.13. The van der Waals surface area contributed by atoms with Gasteiger partial charge in [0.2, 0.25) is 10.0 Å². The van der Waals surface area contributed by atoms with Gasteiger partial charge in [0, 0.05) is 12.1 Å². The fourth-order valence-electron chi connectivity index (χ4n) is 1.41. The molecule has 5 heteroatoms. The van der Waals surface area contributed by atoms with Crippen molar-refractivity contribution in [1.29, 1.82) is 0 Å². The average Bonchev–Trinajstić information content (AvgIpc) is 2.35. The van der Waals surface area contributed by atoms with Gasteiger partial charge in [-0.05, 0) is 37.1 Å². The molecule has 0 atom stereocenters. The second-order valence-electron chi connectivity index (χ2n) is 3.88. The van der Waals surface area contributed by atoms with Crippen LogP contribution in [0.5, 0.6) is 0 Å². The molecule has 0 radical (unpaired) electrons. The van der Waals surface area contributed by atoms with E-state index in [4.69, 9.17) is 5.73 Å². The summed E-state index contributed by atoms with van der Waals surface area (Å²) in [5.74, 6) is 5.65. The average molecular weight is 266 g/mol. The SMILES string of the molecule is CCCNS(=O)(=O)c1ccc(C#CCN)c(C)c1. The van der Waals surface area contributed by atoms with Crippen LogP contribution in [0.15, 0.2) is 23.1 Å². The van der Waals surface area contributed by atoms with E-state index in [2.05, 4.69) is 16.6 Å². The number of sulfonamides is 1. The van der Waals surface area contributed by atoms with E-state index in [-0.39, 0.29) is 11.4 Å². The molecule has 0 spiro atoms. The van der Waals surface area contributed by atoms with Crippen LogP contribution in [0.25, 0.3) is 0 Å². The Balaban J connectivity index is 3.04. The monoisotopic (exact) mass is 266 g/mol. The van der Waals surface area contributed by atoms with Gasteiger partial charge in [-0.2, -0.15) is 0 Å². The molecule has 4 nitrogen and oxygen atoms in total. The second-order valence-corrected chi connectivity index (χ2v) is 5.65. The molecule has 0 aromatic heterocycles. The fourth-order valence-corrected chi connectivity index (χ4v) is 2.63. The van der Waals surface area contributed by atoms with Gasteiger partial charge in [-0.25, -0.2) is 13.1 Å². The minimum atomic E-state index is -3.41. The molecule has 0 amide bonds. The molecule has 3 N–H and O–H groups in total. The number of nitrogens with two attached hydrogens (primary N) is 1. The summed E-state index contributed by atoms with van der Waals surface area (Å²) in [7, 11) is -3.41. The standard InChI is InChI=1S/C13H18N2O2S/c1-3-9-15-18(16,17)13-7-6-12(5-4-8-14)11(2)10-13/h6-7,10,15H,3,8-9,14H2,1-2H3. The predicted octanol–water partition coefficient (Wildman–Crippen LogP) is 0.994. The summed E-state index contributed by atoms with van der Waals surface area (Å²) in [5.41, 5.74) is 6.93. The predicted molar refractivity (Wildman–Crippen MR) is 72.6 cm³/mol. The highest BCUT2D eigenvalue weighted by molar-refractivity contribution is 7.89. The maximum Gasteiger partial charge on any atom is 0.240 e. The maximum atomic E-state index is 11.9. The molecule has 0 bridgehead atoms. The first-order valence-corrected chi connectivity index (χ1v) is 7.29. The van der Waals surface area contributed by atoms with E-state index in [1.54, 1.807) is 18.2 Å². The Morgan fingerprint density at radius 2 is 2.11 bits per heavy atom. The van der Waals surface area contributed by atoms with Gasteiger partial charge in [0.15, 0.2) is 0 Å². The van der Waals surface area contributed by atoms with Crippen LogP contribution in [-0.2, 0) is 10.0 Å². The lowest BCUT2D eigenvalue weighted by Gasteiger charge is -2.07. The second kappa shape index (κ2) is 6.55. The van der Waals surface area contributed by atoms with Gasteiger partial charge in [0.1, 0.15) is 0 Å². The van der Waals surface area contributed by atoms with Gasteiger partial charge in [-0.15, -0.1) is 0 Å². The molecule has 18 heavy (non-hydrogen) atoms. The Kier molecular flexibility index (Phi) is 5.35. The van der Waals surface area contributed by atoms with E-state index in [9.17, 15) is 8.42 Å². The summed E-state index contributed by atoms with van der Waals surface area (Å²) >= 11 is 0. The Bertz CT molecular complexity index is 568. The van der Waals surface area contributed by atoms with E-state index in [1.165, 1.54) is 0 Å². The van der Waals surface area contributed by atoms with Crippen LogP contribution < -0.4 is 10.5 Å². The lowest BCUT2D eigenvalue weighted by atomic mass is 10.1. The van der Waals surface area contributed by atoms with E-state index in [1.807, 2.05) is 13.8 Å². The van der Waals surface area contributed by atoms with Crippen molar-refractivity contribution in [3.8, 4) is 11.8 Å². The van der Waals surface area contributed by atoms with E-state index in [0.717, 1.165) is 17.5 Å². The first-order valence-electron chi connectivity index (χ1n) is 5.80. The van der Waals surface area contributed by atoms with Crippen molar-refractivity contribution >= 4 is 10.0 Å². The Labute approximate surface area is 109 Å². The number of nitrogens with one attached hydrogen (secondary N) is 1. The topological polar surface area (TPSA) is 72.2 Å². The van der Waals surface area contributed by atoms with Crippen molar-refractivity contribution in [2.24, 2.45) is 5.73 Å². The van der Waals surface area contributed by atoms with Crippen molar-refractivity contribution in [2.45, 2.75) is 25.2 Å². The fraction of sp³-hybridized carbons (Fsp3) is 0.385. The quantitative estimate of drug-likeness (QED) is 0.798. The van der Waals surface area contributed by atoms with Crippen molar-refractivity contribution in [3.05, 3.63) is 29.3 Å². The lowest BCUT2D eigenvalue weighted by molar-refractivity contribution is 0.580. The first kappa shape index (κ1) is 14.7. The van der Waals surface area contributed by atoms with E-state index in [0.29, 0.717) is 6.54 Å². The number of hydrogen-bond donors (Lipinski definition) is 2. The van der Waals surface area contributed by atoms with Crippen LogP contribution in [0.1, 0.15) is 24.5 Å². The summed E-state index contributed by atoms with van der Waals surface area (Å²) in [6.45, 7) is 4.48. The molecule has 0 saturated heterocycles. The minimum absolute atomic E-state index is 0.270. The Morgan fingerprint density at radius 1 is 1.39 bits per heavy atom. The Morgan fingerprint density at radius 3 is 2.67 bits per heavy atom. The molecule has 0 heterocycles. The molecular formula is C13H18N2O2S. The first-order chi connectivity index (χ1) is 8.51. The molecule has 0 saturated carbocycles. The van der Waals surface area contributed by atoms with Crippen LogP contribution in [0.3, 0.4) is 0 Å². The molecule has 0 unspecified atom stereocenters. The molecule has 1 rings (SSSR count). The van der Waals surface area contributed by atoms with E-state index < -0.39 is 10.0 Å². The van der Waals surface area contributed by atoms with Gasteiger partial charge < -0.3 is 5.73 Å². The summed E-state index contributed by atoms with van der Waals surface area (Å²) in [4.78, 5) is 0.270. The molecule has 98 valence electrons. The van der Waals surface area contributed by atoms with Crippen LogP contribution in [-0.4, -0.2) is 21.5 Å². The summed E-state index contributed by atoms with van der Waals surface area (Å²) in [5, 5.41) is 0. The van der Waals surface area contributed by atoms with Crippen molar-refractivity contribution < 1.29 is 8.42 Å². The third kappa shape index (κ3) is 3.84. The zero-order chi connectivity index (χ0) is 13.6. The van der Waals surface area contributed by atoms with Crippen LogP contribution in [0.4, 0.5) is 0 Å². The van der Waals surface area contributed by atoms with Gasteiger partial charge >= 0.3 is 0 Å². The Hall–Kier alpha value is -1.35. The molecule has 0 aliphatic rings. The summed E-state index contributed by atoms with van der Waals surface area (Å²) in [6.07, 6.45) is 0.762. The third-order valence-electron chi connectivity index (χ3n) is 2.38. The molecule has 1 aromatic rings. The van der Waals surface area contributed by atoms with Crippen LogP contribution in [0.2, 0.25) is 0 Å². The highest BCUT2D eigenvalue weighted by Crippen LogP contribution is 2.14. The molecule has 0 aliphatic carbocycles. The van der Waals surface area contributed by atoms with Gasteiger partial charge in [0.25, 0.3) is 0 Å². The smallest absolute Gasteiger partial charge is 0.240 e. The number of hydrogen-bond acceptors (Lipinski definition) is 3. The van der Waals surface area contributed by atoms with Crippen LogP contribution in [0, 0.1) is 18.8 Å². The summed E-state index contributed by atoms with van der Waals surface area (Å²) < 4.78 is 26.3. The number of aryl methyl sites for hydroxylation is 1. The van der Waals surface area contributed by atoms with Crippen molar-refractivity contribution in [3.63, 3.8) is 0 Å². The lowest BCUT2D eigenvalue weighted by Crippen LogP contribution is -2.24. The third-order valence-corrected chi connectivity index (χ3v) is 3.83. The highest BCUT2D eigenvalue weighted by atomic mass is 32.2. The molecule has 0 aliphatic heterocycles. The largest absolute Gasteiger partial charge is 0.320 e. The van der Waals surface area contributed by atoms with Gasteiger partial charge in [-0.1, -0.05) is 18.8 Å². The molecule has 0 fully saturated rings.